The number of hydrogen-bond donors (Lipinski definition) is 0. The maximum atomic E-state index is 4.49. The van der Waals surface area contributed by atoms with Crippen molar-refractivity contribution in [3.05, 3.63) is 48.3 Å². The fourth-order valence-electron chi connectivity index (χ4n) is 2.12. The fourth-order valence-corrected chi connectivity index (χ4v) is 2.12. The van der Waals surface area contributed by atoms with Crippen LogP contribution < -0.4 is 0 Å². The SMILES string of the molecule is CCCCCCc1cccnc1-c1ccccn1. The van der Waals surface area contributed by atoms with Crippen LogP contribution in [0, 0.1) is 0 Å². The summed E-state index contributed by atoms with van der Waals surface area (Å²) in [6, 6.07) is 10.2. The van der Waals surface area contributed by atoms with Crippen molar-refractivity contribution >= 4 is 0 Å². The van der Waals surface area contributed by atoms with E-state index >= 15 is 0 Å². The van der Waals surface area contributed by atoms with Gasteiger partial charge >= 0.3 is 0 Å². The van der Waals surface area contributed by atoms with Gasteiger partial charge < -0.3 is 0 Å². The van der Waals surface area contributed by atoms with Crippen LogP contribution in [0.1, 0.15) is 38.2 Å². The predicted octanol–water partition coefficient (Wildman–Crippen LogP) is 4.27. The third-order valence-electron chi connectivity index (χ3n) is 3.10. The molecule has 0 N–H and O–H groups in total. The van der Waals surface area contributed by atoms with Crippen LogP contribution in [0.3, 0.4) is 0 Å². The van der Waals surface area contributed by atoms with E-state index in [1.807, 2.05) is 36.7 Å². The van der Waals surface area contributed by atoms with Crippen LogP contribution in [0.2, 0.25) is 0 Å². The number of pyridine rings is 2. The summed E-state index contributed by atoms with van der Waals surface area (Å²) < 4.78 is 0. The van der Waals surface area contributed by atoms with Gasteiger partial charge in [-0.1, -0.05) is 38.3 Å². The van der Waals surface area contributed by atoms with E-state index in [4.69, 9.17) is 0 Å². The molecule has 0 aromatic carbocycles. The first-order chi connectivity index (χ1) is 8.92. The van der Waals surface area contributed by atoms with Gasteiger partial charge in [0.25, 0.3) is 0 Å². The second-order valence-corrected chi connectivity index (χ2v) is 4.54. The first kappa shape index (κ1) is 12.7. The lowest BCUT2D eigenvalue weighted by Crippen LogP contribution is -1.95. The molecule has 2 nitrogen and oxygen atoms in total. The minimum Gasteiger partial charge on any atom is -0.255 e. The van der Waals surface area contributed by atoms with E-state index in [-0.39, 0.29) is 0 Å². The smallest absolute Gasteiger partial charge is 0.0918 e. The van der Waals surface area contributed by atoms with Gasteiger partial charge in [0.1, 0.15) is 0 Å². The third-order valence-corrected chi connectivity index (χ3v) is 3.10. The predicted molar refractivity (Wildman–Crippen MR) is 75.3 cm³/mol. The zero-order valence-corrected chi connectivity index (χ0v) is 11.0. The van der Waals surface area contributed by atoms with Crippen molar-refractivity contribution in [2.24, 2.45) is 0 Å². The van der Waals surface area contributed by atoms with E-state index in [0.717, 1.165) is 17.8 Å². The normalized spacial score (nSPS) is 10.5. The summed E-state index contributed by atoms with van der Waals surface area (Å²) in [5.74, 6) is 0. The summed E-state index contributed by atoms with van der Waals surface area (Å²) in [5, 5.41) is 0. The third kappa shape index (κ3) is 3.39. The van der Waals surface area contributed by atoms with E-state index in [1.165, 1.54) is 31.2 Å². The first-order valence-corrected chi connectivity index (χ1v) is 6.77. The second-order valence-electron chi connectivity index (χ2n) is 4.54. The number of hydrogen-bond acceptors (Lipinski definition) is 2. The maximum Gasteiger partial charge on any atom is 0.0918 e. The molecule has 2 heteroatoms. The molecule has 2 heterocycles. The maximum absolute atomic E-state index is 4.49. The largest absolute Gasteiger partial charge is 0.255 e. The summed E-state index contributed by atoms with van der Waals surface area (Å²) >= 11 is 0. The lowest BCUT2D eigenvalue weighted by molar-refractivity contribution is 0.666. The van der Waals surface area contributed by atoms with Gasteiger partial charge in [0.15, 0.2) is 0 Å². The van der Waals surface area contributed by atoms with Crippen LogP contribution in [-0.4, -0.2) is 9.97 Å². The van der Waals surface area contributed by atoms with E-state index in [1.54, 1.807) is 0 Å². The second kappa shape index (κ2) is 6.90. The molecule has 0 saturated heterocycles. The molecule has 18 heavy (non-hydrogen) atoms. The molecule has 0 unspecified atom stereocenters. The molecule has 94 valence electrons. The molecular weight excluding hydrogens is 220 g/mol. The molecule has 0 aliphatic carbocycles. The topological polar surface area (TPSA) is 25.8 Å². The monoisotopic (exact) mass is 240 g/mol. The molecule has 0 amide bonds. The van der Waals surface area contributed by atoms with Crippen molar-refractivity contribution < 1.29 is 0 Å². The lowest BCUT2D eigenvalue weighted by Gasteiger charge is -2.07. The summed E-state index contributed by atoms with van der Waals surface area (Å²) in [7, 11) is 0. The van der Waals surface area contributed by atoms with Gasteiger partial charge in [-0.05, 0) is 36.6 Å². The zero-order chi connectivity index (χ0) is 12.6. The van der Waals surface area contributed by atoms with Crippen LogP contribution in [-0.2, 0) is 6.42 Å². The van der Waals surface area contributed by atoms with Crippen molar-refractivity contribution in [1.29, 1.82) is 0 Å². The van der Waals surface area contributed by atoms with Crippen molar-refractivity contribution in [1.82, 2.24) is 9.97 Å². The molecule has 2 aromatic rings. The zero-order valence-electron chi connectivity index (χ0n) is 11.0. The average molecular weight is 240 g/mol. The summed E-state index contributed by atoms with van der Waals surface area (Å²) in [6.07, 6.45) is 9.90. The highest BCUT2D eigenvalue weighted by molar-refractivity contribution is 5.58. The van der Waals surface area contributed by atoms with Gasteiger partial charge in [0, 0.05) is 12.4 Å². The fraction of sp³-hybridized carbons (Fsp3) is 0.375. The van der Waals surface area contributed by atoms with Crippen LogP contribution in [0.5, 0.6) is 0 Å². The number of aryl methyl sites for hydroxylation is 1. The molecule has 0 saturated carbocycles. The Morgan fingerprint density at radius 3 is 2.56 bits per heavy atom. The van der Waals surface area contributed by atoms with Crippen LogP contribution in [0.4, 0.5) is 0 Å². The van der Waals surface area contributed by atoms with Crippen molar-refractivity contribution in [3.8, 4) is 11.4 Å². The van der Waals surface area contributed by atoms with Crippen LogP contribution >= 0.6 is 0 Å². The number of nitrogens with zero attached hydrogens (tertiary/aromatic N) is 2. The molecule has 0 spiro atoms. The summed E-state index contributed by atoms with van der Waals surface area (Å²) in [5.41, 5.74) is 3.32. The lowest BCUT2D eigenvalue weighted by atomic mass is 10.0. The van der Waals surface area contributed by atoms with Gasteiger partial charge in [-0.2, -0.15) is 0 Å². The molecular formula is C16H20N2. The number of unbranched alkanes of at least 4 members (excludes halogenated alkanes) is 3. The standard InChI is InChI=1S/C16H20N2/c1-2-3-4-5-9-14-10-8-13-18-16(14)15-11-6-7-12-17-15/h6-8,10-13H,2-5,9H2,1H3. The Kier molecular flexibility index (Phi) is 4.88. The average Bonchev–Trinajstić information content (AvgIpc) is 2.45. The van der Waals surface area contributed by atoms with Gasteiger partial charge in [0.05, 0.1) is 11.4 Å². The summed E-state index contributed by atoms with van der Waals surface area (Å²) in [4.78, 5) is 8.88. The molecule has 2 aromatic heterocycles. The Balaban J connectivity index is 2.11. The van der Waals surface area contributed by atoms with E-state index in [0.29, 0.717) is 0 Å². The van der Waals surface area contributed by atoms with Crippen molar-refractivity contribution in [2.45, 2.75) is 39.0 Å². The van der Waals surface area contributed by atoms with Gasteiger partial charge in [-0.3, -0.25) is 9.97 Å². The van der Waals surface area contributed by atoms with Gasteiger partial charge in [-0.15, -0.1) is 0 Å². The quantitative estimate of drug-likeness (QED) is 0.705. The Bertz CT molecular complexity index is 466. The molecule has 0 bridgehead atoms. The minimum atomic E-state index is 0.976. The Morgan fingerprint density at radius 2 is 1.78 bits per heavy atom. The van der Waals surface area contributed by atoms with E-state index < -0.39 is 0 Å². The van der Waals surface area contributed by atoms with Crippen LogP contribution in [0.15, 0.2) is 42.7 Å². The molecule has 0 aliphatic heterocycles. The van der Waals surface area contributed by atoms with Crippen molar-refractivity contribution in [2.75, 3.05) is 0 Å². The highest BCUT2D eigenvalue weighted by atomic mass is 14.8. The molecule has 0 radical (unpaired) electrons. The summed E-state index contributed by atoms with van der Waals surface area (Å²) in [6.45, 7) is 2.24. The van der Waals surface area contributed by atoms with Gasteiger partial charge in [0.2, 0.25) is 0 Å². The Labute approximate surface area is 109 Å². The van der Waals surface area contributed by atoms with Crippen LogP contribution in [0.25, 0.3) is 11.4 Å². The first-order valence-electron chi connectivity index (χ1n) is 6.77. The van der Waals surface area contributed by atoms with E-state index in [2.05, 4.69) is 23.0 Å². The highest BCUT2D eigenvalue weighted by Crippen LogP contribution is 2.20. The van der Waals surface area contributed by atoms with Crippen molar-refractivity contribution in [3.63, 3.8) is 0 Å². The molecule has 0 fully saturated rings. The molecule has 2 rings (SSSR count). The number of aromatic nitrogens is 2. The molecule has 0 atom stereocenters. The number of rotatable bonds is 6. The van der Waals surface area contributed by atoms with Gasteiger partial charge in [-0.25, -0.2) is 0 Å². The minimum absolute atomic E-state index is 0.976. The highest BCUT2D eigenvalue weighted by Gasteiger charge is 2.06. The van der Waals surface area contributed by atoms with E-state index in [9.17, 15) is 0 Å². The molecule has 0 aliphatic rings. The Morgan fingerprint density at radius 1 is 0.889 bits per heavy atom. The Hall–Kier alpha value is -1.70.